The highest BCUT2D eigenvalue weighted by Gasteiger charge is 2.40. The van der Waals surface area contributed by atoms with Crippen molar-refractivity contribution in [2.45, 2.75) is 46.0 Å². The highest BCUT2D eigenvalue weighted by atomic mass is 16.2. The van der Waals surface area contributed by atoms with Crippen LogP contribution in [0.4, 0.5) is 5.69 Å². The zero-order chi connectivity index (χ0) is 17.1. The second kappa shape index (κ2) is 7.24. The van der Waals surface area contributed by atoms with Gasteiger partial charge < -0.3 is 5.32 Å². The molecule has 130 valence electrons. The largest absolute Gasteiger partial charge is 0.376 e. The fraction of sp³-hybridized carbons (Fsp3) is 0.579. The van der Waals surface area contributed by atoms with Crippen LogP contribution in [0.1, 0.15) is 43.2 Å². The molecule has 0 aliphatic heterocycles. The lowest BCUT2D eigenvalue weighted by molar-refractivity contribution is -0.128. The number of carbonyl (C=O) groups excluding carboxylic acids is 2. The molecule has 2 saturated carbocycles. The van der Waals surface area contributed by atoms with E-state index in [4.69, 9.17) is 0 Å². The van der Waals surface area contributed by atoms with Crippen LogP contribution in [0.25, 0.3) is 0 Å². The summed E-state index contributed by atoms with van der Waals surface area (Å²) in [5.41, 5.74) is 8.28. The van der Waals surface area contributed by atoms with Crippen molar-refractivity contribution in [3.05, 3.63) is 29.3 Å². The second-order valence-corrected chi connectivity index (χ2v) is 7.41. The minimum absolute atomic E-state index is 0.0765. The maximum atomic E-state index is 12.0. The molecule has 1 aromatic carbocycles. The highest BCUT2D eigenvalue weighted by Crippen LogP contribution is 2.49. The number of nitrogens with one attached hydrogen (secondary N) is 3. The van der Waals surface area contributed by atoms with E-state index in [1.165, 1.54) is 31.2 Å². The number of anilines is 1. The summed E-state index contributed by atoms with van der Waals surface area (Å²) < 4.78 is 0. The first-order valence-electron chi connectivity index (χ1n) is 8.90. The molecule has 2 fully saturated rings. The van der Waals surface area contributed by atoms with E-state index in [1.54, 1.807) is 0 Å². The quantitative estimate of drug-likeness (QED) is 0.728. The zero-order valence-electron chi connectivity index (χ0n) is 14.5. The zero-order valence-corrected chi connectivity index (χ0v) is 14.5. The van der Waals surface area contributed by atoms with Crippen molar-refractivity contribution in [3.63, 3.8) is 0 Å². The fourth-order valence-electron chi connectivity index (χ4n) is 4.29. The van der Waals surface area contributed by atoms with E-state index in [-0.39, 0.29) is 18.4 Å². The summed E-state index contributed by atoms with van der Waals surface area (Å²) in [4.78, 5) is 23.9. The number of hydrogen-bond donors (Lipinski definition) is 3. The molecule has 3 rings (SSSR count). The third kappa shape index (κ3) is 4.08. The molecule has 24 heavy (non-hydrogen) atoms. The normalized spacial score (nSPS) is 24.7. The molecule has 3 N–H and O–H groups in total. The molecule has 2 bridgehead atoms. The lowest BCUT2D eigenvalue weighted by atomic mass is 9.86. The van der Waals surface area contributed by atoms with Crippen LogP contribution in [0.15, 0.2) is 18.2 Å². The summed E-state index contributed by atoms with van der Waals surface area (Å²) in [7, 11) is 0. The monoisotopic (exact) mass is 329 g/mol. The summed E-state index contributed by atoms with van der Waals surface area (Å²) in [6, 6.07) is 6.04. The number of aryl methyl sites for hydroxylation is 2. The first-order chi connectivity index (χ1) is 11.5. The van der Waals surface area contributed by atoms with Crippen LogP contribution in [-0.4, -0.2) is 18.4 Å². The third-order valence-electron chi connectivity index (χ3n) is 5.49. The molecule has 0 aromatic heterocycles. The Morgan fingerprint density at radius 2 is 1.88 bits per heavy atom. The summed E-state index contributed by atoms with van der Waals surface area (Å²) >= 11 is 0. The molecule has 0 saturated heterocycles. The third-order valence-corrected chi connectivity index (χ3v) is 5.49. The first-order valence-corrected chi connectivity index (χ1v) is 8.90. The Bertz CT molecular complexity index is 629. The van der Waals surface area contributed by atoms with Crippen molar-refractivity contribution < 1.29 is 9.59 Å². The van der Waals surface area contributed by atoms with Gasteiger partial charge in [0.1, 0.15) is 0 Å². The summed E-state index contributed by atoms with van der Waals surface area (Å²) in [6.45, 7) is 4.18. The average molecular weight is 329 g/mol. The van der Waals surface area contributed by atoms with Gasteiger partial charge in [-0.2, -0.15) is 0 Å². The molecule has 5 nitrogen and oxygen atoms in total. The molecule has 0 unspecified atom stereocenters. The molecule has 1 aromatic rings. The van der Waals surface area contributed by atoms with Crippen molar-refractivity contribution in [2.75, 3.05) is 11.9 Å². The van der Waals surface area contributed by atoms with Gasteiger partial charge in [-0.25, -0.2) is 0 Å². The smallest absolute Gasteiger partial charge is 0.257 e. The van der Waals surface area contributed by atoms with E-state index in [9.17, 15) is 9.59 Å². The molecule has 0 radical (unpaired) electrons. The average Bonchev–Trinajstić information content (AvgIpc) is 3.15. The molecular formula is C19H27N3O2. The Morgan fingerprint density at radius 1 is 1.08 bits per heavy atom. The van der Waals surface area contributed by atoms with E-state index in [1.807, 2.05) is 26.0 Å². The van der Waals surface area contributed by atoms with Gasteiger partial charge in [0.15, 0.2) is 0 Å². The Morgan fingerprint density at radius 3 is 2.54 bits per heavy atom. The van der Waals surface area contributed by atoms with Gasteiger partial charge in [0, 0.05) is 12.1 Å². The SMILES string of the molecule is Cc1ccc(NCC(=O)NNC(=O)C[C@@H]2C[C@H]3CC[C@H]2C3)c(C)c1. The first kappa shape index (κ1) is 16.8. The lowest BCUT2D eigenvalue weighted by Crippen LogP contribution is -2.44. The van der Waals surface area contributed by atoms with Crippen molar-refractivity contribution >= 4 is 17.5 Å². The number of hydrogen-bond acceptors (Lipinski definition) is 3. The van der Waals surface area contributed by atoms with E-state index in [2.05, 4.69) is 22.2 Å². The van der Waals surface area contributed by atoms with Crippen LogP contribution in [-0.2, 0) is 9.59 Å². The van der Waals surface area contributed by atoms with Gasteiger partial charge in [0.25, 0.3) is 5.91 Å². The van der Waals surface area contributed by atoms with E-state index >= 15 is 0 Å². The Balaban J connectivity index is 1.37. The molecule has 5 heteroatoms. The predicted molar refractivity (Wildman–Crippen MR) is 94.2 cm³/mol. The van der Waals surface area contributed by atoms with E-state index in [0.29, 0.717) is 12.3 Å². The van der Waals surface area contributed by atoms with Crippen molar-refractivity contribution in [3.8, 4) is 0 Å². The van der Waals surface area contributed by atoms with Crippen LogP contribution in [0.2, 0.25) is 0 Å². The van der Waals surface area contributed by atoms with Gasteiger partial charge >= 0.3 is 0 Å². The van der Waals surface area contributed by atoms with Crippen LogP contribution < -0.4 is 16.2 Å². The van der Waals surface area contributed by atoms with Gasteiger partial charge in [0.2, 0.25) is 5.91 Å². The predicted octanol–water partition coefficient (Wildman–Crippen LogP) is 2.69. The lowest BCUT2D eigenvalue weighted by Gasteiger charge is -2.21. The Hall–Kier alpha value is -2.04. The van der Waals surface area contributed by atoms with Crippen molar-refractivity contribution in [1.29, 1.82) is 0 Å². The van der Waals surface area contributed by atoms with E-state index in [0.717, 1.165) is 23.1 Å². The molecule has 2 aliphatic carbocycles. The summed E-state index contributed by atoms with van der Waals surface area (Å²) in [5, 5.41) is 3.10. The number of fused-ring (bicyclic) bond motifs is 2. The molecular weight excluding hydrogens is 302 g/mol. The van der Waals surface area contributed by atoms with Gasteiger partial charge in [-0.3, -0.25) is 20.4 Å². The number of amides is 2. The van der Waals surface area contributed by atoms with Gasteiger partial charge in [-0.1, -0.05) is 24.1 Å². The Kier molecular flexibility index (Phi) is 5.07. The maximum Gasteiger partial charge on any atom is 0.257 e. The van der Waals surface area contributed by atoms with Crippen LogP contribution in [0.5, 0.6) is 0 Å². The fourth-order valence-corrected chi connectivity index (χ4v) is 4.29. The number of carbonyl (C=O) groups is 2. The van der Waals surface area contributed by atoms with Gasteiger partial charge in [-0.15, -0.1) is 0 Å². The molecule has 2 amide bonds. The molecule has 0 heterocycles. The number of hydrazine groups is 1. The molecule has 2 aliphatic rings. The Labute approximate surface area is 143 Å². The minimum Gasteiger partial charge on any atom is -0.376 e. The summed E-state index contributed by atoms with van der Waals surface area (Å²) in [6.07, 6.45) is 5.62. The van der Waals surface area contributed by atoms with Crippen LogP contribution in [0.3, 0.4) is 0 Å². The van der Waals surface area contributed by atoms with Crippen LogP contribution >= 0.6 is 0 Å². The second-order valence-electron chi connectivity index (χ2n) is 7.41. The van der Waals surface area contributed by atoms with Gasteiger partial charge in [-0.05, 0) is 62.5 Å². The molecule has 0 spiro atoms. The van der Waals surface area contributed by atoms with Crippen molar-refractivity contribution in [1.82, 2.24) is 10.9 Å². The maximum absolute atomic E-state index is 12.0. The topological polar surface area (TPSA) is 70.2 Å². The van der Waals surface area contributed by atoms with Gasteiger partial charge in [0.05, 0.1) is 6.54 Å². The minimum atomic E-state index is -0.240. The van der Waals surface area contributed by atoms with E-state index < -0.39 is 0 Å². The number of benzene rings is 1. The number of rotatable bonds is 5. The highest BCUT2D eigenvalue weighted by molar-refractivity contribution is 5.84. The summed E-state index contributed by atoms with van der Waals surface area (Å²) in [5.74, 6) is 1.75. The van der Waals surface area contributed by atoms with Crippen molar-refractivity contribution in [2.24, 2.45) is 17.8 Å². The standard InChI is InChI=1S/C19H27N3O2/c1-12-3-6-17(13(2)7-12)20-11-19(24)22-21-18(23)10-16-9-14-4-5-15(16)8-14/h3,6-7,14-16,20H,4-5,8-11H2,1-2H3,(H,21,23)(H,22,24)/t14-,15-,16-/m0/s1. The molecule has 3 atom stereocenters. The van der Waals surface area contributed by atoms with Crippen LogP contribution in [0, 0.1) is 31.6 Å².